The molecule has 1 atom stereocenters. The summed E-state index contributed by atoms with van der Waals surface area (Å²) in [6.07, 6.45) is 0.298. The third kappa shape index (κ3) is 4.39. The Balaban J connectivity index is 1.85. The number of rotatable bonds is 6. The molecule has 0 saturated carbocycles. The fourth-order valence-corrected chi connectivity index (χ4v) is 3.40. The molecule has 1 amide bonds. The van der Waals surface area contributed by atoms with Gasteiger partial charge >= 0.3 is 5.97 Å². The number of oxime groups is 1. The van der Waals surface area contributed by atoms with E-state index in [-0.39, 0.29) is 12.5 Å². The molecular weight excluding hydrogens is 372 g/mol. The number of benzene rings is 2. The highest BCUT2D eigenvalue weighted by atomic mass is 16.6. The summed E-state index contributed by atoms with van der Waals surface area (Å²) in [5.74, 6) is 0.0630. The number of esters is 1. The molecule has 2 aromatic carbocycles. The topological polar surface area (TPSA) is 77.4 Å². The average molecular weight is 396 g/mol. The predicted molar refractivity (Wildman–Crippen MR) is 109 cm³/mol. The quantitative estimate of drug-likeness (QED) is 0.554. The lowest BCUT2D eigenvalue weighted by Crippen LogP contribution is -2.41. The molecule has 0 bridgehead atoms. The fraction of sp³-hybridized carbons (Fsp3) is 0.318. The van der Waals surface area contributed by atoms with Crippen molar-refractivity contribution in [3.63, 3.8) is 0 Å². The molecule has 1 heterocycles. The lowest BCUT2D eigenvalue weighted by molar-refractivity contribution is -0.145. The minimum Gasteiger partial charge on any atom is -0.493 e. The van der Waals surface area contributed by atoms with Crippen LogP contribution in [0.3, 0.4) is 0 Å². The maximum atomic E-state index is 13.0. The van der Waals surface area contributed by atoms with E-state index in [0.29, 0.717) is 24.3 Å². The molecule has 0 N–H and O–H groups in total. The Morgan fingerprint density at radius 3 is 2.48 bits per heavy atom. The Labute approximate surface area is 169 Å². The molecule has 1 fully saturated rings. The van der Waals surface area contributed by atoms with Gasteiger partial charge in [0.2, 0.25) is 0 Å². The van der Waals surface area contributed by atoms with Crippen molar-refractivity contribution in [2.45, 2.75) is 19.4 Å². The van der Waals surface area contributed by atoms with Crippen LogP contribution in [-0.4, -0.2) is 55.9 Å². The smallest absolute Gasteiger partial charge is 0.329 e. The van der Waals surface area contributed by atoms with Crippen molar-refractivity contribution in [1.82, 2.24) is 4.90 Å². The summed E-state index contributed by atoms with van der Waals surface area (Å²) in [5, 5.41) is 3.90. The molecule has 0 aromatic heterocycles. The van der Waals surface area contributed by atoms with Crippen molar-refractivity contribution in [1.29, 1.82) is 0 Å². The molecule has 0 unspecified atom stereocenters. The van der Waals surface area contributed by atoms with Gasteiger partial charge in [-0.05, 0) is 30.7 Å². The zero-order valence-corrected chi connectivity index (χ0v) is 16.8. The van der Waals surface area contributed by atoms with Crippen LogP contribution < -0.4 is 4.74 Å². The number of ether oxygens (including phenoxy) is 2. The molecule has 1 aliphatic rings. The van der Waals surface area contributed by atoms with Gasteiger partial charge in [0, 0.05) is 17.5 Å². The van der Waals surface area contributed by atoms with Crippen LogP contribution in [0.25, 0.3) is 11.1 Å². The van der Waals surface area contributed by atoms with E-state index in [9.17, 15) is 9.59 Å². The first-order valence-electron chi connectivity index (χ1n) is 9.39. The van der Waals surface area contributed by atoms with Gasteiger partial charge in [-0.2, -0.15) is 0 Å². The standard InChI is InChI=1S/C22H24N2O5/c1-4-29-20-8-6-5-7-18(20)15-9-11-16(12-10-15)21(25)24-14-17(23-28-3)13-19(24)22(26)27-2/h5-12,19H,4,13-14H2,1-3H3/t19-/m0/s1. The predicted octanol–water partition coefficient (Wildman–Crippen LogP) is 3.14. The lowest BCUT2D eigenvalue weighted by Gasteiger charge is -2.22. The van der Waals surface area contributed by atoms with Gasteiger partial charge in [-0.25, -0.2) is 4.79 Å². The summed E-state index contributed by atoms with van der Waals surface area (Å²) >= 11 is 0. The van der Waals surface area contributed by atoms with Crippen molar-refractivity contribution in [3.05, 3.63) is 54.1 Å². The second kappa shape index (κ2) is 9.23. The van der Waals surface area contributed by atoms with Gasteiger partial charge in [-0.1, -0.05) is 35.5 Å². The molecule has 1 saturated heterocycles. The van der Waals surface area contributed by atoms with E-state index in [2.05, 4.69) is 5.16 Å². The number of likely N-dealkylation sites (tertiary alicyclic amines) is 1. The highest BCUT2D eigenvalue weighted by Crippen LogP contribution is 2.30. The molecule has 7 nitrogen and oxygen atoms in total. The van der Waals surface area contributed by atoms with E-state index in [4.69, 9.17) is 14.3 Å². The highest BCUT2D eigenvalue weighted by molar-refractivity contribution is 6.04. The zero-order chi connectivity index (χ0) is 20.8. The summed E-state index contributed by atoms with van der Waals surface area (Å²) in [4.78, 5) is 31.4. The van der Waals surface area contributed by atoms with Gasteiger partial charge in [0.25, 0.3) is 5.91 Å². The van der Waals surface area contributed by atoms with Crippen LogP contribution in [-0.2, 0) is 14.4 Å². The molecule has 1 aliphatic heterocycles. The van der Waals surface area contributed by atoms with Gasteiger partial charge in [-0.15, -0.1) is 0 Å². The molecule has 0 spiro atoms. The zero-order valence-electron chi connectivity index (χ0n) is 16.8. The summed E-state index contributed by atoms with van der Waals surface area (Å²) in [7, 11) is 2.74. The SMILES string of the molecule is CCOc1ccccc1-c1ccc(C(=O)N2CC(=NOC)C[C@H]2C(=O)OC)cc1. The maximum Gasteiger partial charge on any atom is 0.329 e. The fourth-order valence-electron chi connectivity index (χ4n) is 3.40. The summed E-state index contributed by atoms with van der Waals surface area (Å²) < 4.78 is 10.5. The first-order valence-corrected chi connectivity index (χ1v) is 9.39. The van der Waals surface area contributed by atoms with Crippen LogP contribution in [0, 0.1) is 0 Å². The van der Waals surface area contributed by atoms with Crippen LogP contribution in [0.15, 0.2) is 53.7 Å². The summed E-state index contributed by atoms with van der Waals surface area (Å²) in [5.41, 5.74) is 3.00. The monoisotopic (exact) mass is 396 g/mol. The van der Waals surface area contributed by atoms with Crippen LogP contribution in [0.5, 0.6) is 5.75 Å². The molecule has 152 valence electrons. The highest BCUT2D eigenvalue weighted by Gasteiger charge is 2.39. The van der Waals surface area contributed by atoms with E-state index in [0.717, 1.165) is 16.9 Å². The summed E-state index contributed by atoms with van der Waals surface area (Å²) in [6.45, 7) is 2.73. The minimum absolute atomic E-state index is 0.224. The minimum atomic E-state index is -0.709. The number of hydrogen-bond donors (Lipinski definition) is 0. The van der Waals surface area contributed by atoms with Crippen LogP contribution in [0.4, 0.5) is 0 Å². The largest absolute Gasteiger partial charge is 0.493 e. The van der Waals surface area contributed by atoms with Gasteiger partial charge in [-0.3, -0.25) is 4.79 Å². The van der Waals surface area contributed by atoms with E-state index < -0.39 is 12.0 Å². The Kier molecular flexibility index (Phi) is 6.49. The molecule has 7 heteroatoms. The lowest BCUT2D eigenvalue weighted by atomic mass is 10.0. The van der Waals surface area contributed by atoms with Gasteiger partial charge in [0.05, 0.1) is 26.0 Å². The molecule has 3 rings (SSSR count). The van der Waals surface area contributed by atoms with Crippen LogP contribution in [0.1, 0.15) is 23.7 Å². The van der Waals surface area contributed by atoms with Crippen molar-refractivity contribution in [2.24, 2.45) is 5.16 Å². The third-order valence-electron chi connectivity index (χ3n) is 4.74. The second-order valence-corrected chi connectivity index (χ2v) is 6.52. The summed E-state index contributed by atoms with van der Waals surface area (Å²) in [6, 6.07) is 14.3. The van der Waals surface area contributed by atoms with Crippen molar-refractivity contribution < 1.29 is 23.9 Å². The maximum absolute atomic E-state index is 13.0. The second-order valence-electron chi connectivity index (χ2n) is 6.52. The van der Waals surface area contributed by atoms with Gasteiger partial charge in [0.15, 0.2) is 0 Å². The average Bonchev–Trinajstić information content (AvgIpc) is 3.17. The third-order valence-corrected chi connectivity index (χ3v) is 4.74. The normalized spacial score (nSPS) is 17.3. The molecular formula is C22H24N2O5. The van der Waals surface area contributed by atoms with E-state index in [1.807, 2.05) is 43.3 Å². The number of methoxy groups -OCH3 is 1. The number of amides is 1. The number of para-hydroxylation sites is 1. The number of hydrogen-bond acceptors (Lipinski definition) is 6. The Morgan fingerprint density at radius 2 is 1.83 bits per heavy atom. The van der Waals surface area contributed by atoms with Crippen LogP contribution in [0.2, 0.25) is 0 Å². The van der Waals surface area contributed by atoms with Crippen molar-refractivity contribution >= 4 is 17.6 Å². The van der Waals surface area contributed by atoms with Gasteiger partial charge in [0.1, 0.15) is 18.9 Å². The molecule has 0 aliphatic carbocycles. The molecule has 29 heavy (non-hydrogen) atoms. The van der Waals surface area contributed by atoms with E-state index >= 15 is 0 Å². The van der Waals surface area contributed by atoms with Crippen molar-refractivity contribution in [3.8, 4) is 16.9 Å². The number of nitrogens with zero attached hydrogens (tertiary/aromatic N) is 2. The Morgan fingerprint density at radius 1 is 1.10 bits per heavy atom. The van der Waals surface area contributed by atoms with E-state index in [1.165, 1.54) is 19.1 Å². The van der Waals surface area contributed by atoms with Crippen molar-refractivity contribution in [2.75, 3.05) is 27.4 Å². The van der Waals surface area contributed by atoms with Gasteiger partial charge < -0.3 is 19.2 Å². The van der Waals surface area contributed by atoms with Crippen LogP contribution >= 0.6 is 0 Å². The number of carbonyl (C=O) groups is 2. The first-order chi connectivity index (χ1) is 14.1. The van der Waals surface area contributed by atoms with E-state index in [1.54, 1.807) is 12.1 Å². The Hall–Kier alpha value is -3.35. The molecule has 0 radical (unpaired) electrons. The number of carbonyl (C=O) groups excluding carboxylic acids is 2. The Bertz CT molecular complexity index is 908. The first kappa shape index (κ1) is 20.4. The molecule has 2 aromatic rings.